The van der Waals surface area contributed by atoms with Gasteiger partial charge in [-0.1, -0.05) is 6.07 Å². The lowest BCUT2D eigenvalue weighted by Crippen LogP contribution is -2.41. The monoisotopic (exact) mass is 292 g/mol. The van der Waals surface area contributed by atoms with E-state index in [9.17, 15) is 4.79 Å². The molecule has 1 aromatic carbocycles. The Hall–Kier alpha value is -1.53. The average molecular weight is 292 g/mol. The molecule has 1 aliphatic rings. The van der Waals surface area contributed by atoms with E-state index in [4.69, 9.17) is 18.8 Å². The van der Waals surface area contributed by atoms with E-state index in [1.165, 1.54) is 7.11 Å². The van der Waals surface area contributed by atoms with Crippen LogP contribution in [-0.2, 0) is 14.0 Å². The third-order valence-corrected chi connectivity index (χ3v) is 4.17. The molecule has 2 rings (SSSR count). The number of carbonyl (C=O) groups excluding carboxylic acids is 1. The summed E-state index contributed by atoms with van der Waals surface area (Å²) in [6.07, 6.45) is 0. The minimum atomic E-state index is -0.616. The van der Waals surface area contributed by atoms with Gasteiger partial charge in [0, 0.05) is 0 Å². The van der Waals surface area contributed by atoms with Crippen molar-refractivity contribution in [2.24, 2.45) is 0 Å². The van der Waals surface area contributed by atoms with Crippen LogP contribution in [-0.4, -0.2) is 38.5 Å². The lowest BCUT2D eigenvalue weighted by atomic mass is 9.76. The van der Waals surface area contributed by atoms with E-state index in [2.05, 4.69) is 0 Å². The van der Waals surface area contributed by atoms with E-state index in [0.29, 0.717) is 16.8 Å². The molecule has 0 N–H and O–H groups in total. The largest absolute Gasteiger partial charge is 0.497 e. The van der Waals surface area contributed by atoms with Crippen LogP contribution in [0.25, 0.3) is 0 Å². The molecule has 5 nitrogen and oxygen atoms in total. The van der Waals surface area contributed by atoms with Gasteiger partial charge in [0.1, 0.15) is 5.75 Å². The molecule has 1 fully saturated rings. The fourth-order valence-electron chi connectivity index (χ4n) is 2.12. The normalized spacial score (nSPS) is 19.4. The number of benzene rings is 1. The maximum atomic E-state index is 12.0. The van der Waals surface area contributed by atoms with Gasteiger partial charge in [0.15, 0.2) is 0 Å². The second-order valence-electron chi connectivity index (χ2n) is 6.03. The number of carbonyl (C=O) groups is 1. The molecule has 1 saturated heterocycles. The number of hydrogen-bond donors (Lipinski definition) is 0. The van der Waals surface area contributed by atoms with Gasteiger partial charge in [-0.2, -0.15) is 0 Å². The molecular formula is C15H21BO5. The standard InChI is InChI=1S/C15H21BO5/c1-14(2)15(3,4)21-16(20-14)12-8-7-10(18-5)9-11(12)13(17)19-6/h7-9H,1-6H3. The van der Waals surface area contributed by atoms with E-state index in [0.717, 1.165) is 0 Å². The Morgan fingerprint density at radius 3 is 2.14 bits per heavy atom. The van der Waals surface area contributed by atoms with E-state index in [1.54, 1.807) is 25.3 Å². The van der Waals surface area contributed by atoms with Crippen LogP contribution in [0, 0.1) is 0 Å². The highest BCUT2D eigenvalue weighted by Crippen LogP contribution is 2.36. The number of hydrogen-bond acceptors (Lipinski definition) is 5. The van der Waals surface area contributed by atoms with Gasteiger partial charge >= 0.3 is 13.1 Å². The smallest absolute Gasteiger partial charge is 0.495 e. The molecule has 0 bridgehead atoms. The molecule has 0 unspecified atom stereocenters. The zero-order valence-corrected chi connectivity index (χ0v) is 13.4. The third-order valence-electron chi connectivity index (χ3n) is 4.17. The highest BCUT2D eigenvalue weighted by atomic mass is 16.7. The molecule has 0 atom stereocenters. The minimum absolute atomic E-state index is 0.385. The summed E-state index contributed by atoms with van der Waals surface area (Å²) in [5.74, 6) is 0.134. The van der Waals surface area contributed by atoms with E-state index in [-0.39, 0.29) is 0 Å². The molecule has 6 heteroatoms. The van der Waals surface area contributed by atoms with Crippen LogP contribution in [0.5, 0.6) is 5.75 Å². The van der Waals surface area contributed by atoms with Crippen molar-refractivity contribution in [3.8, 4) is 5.75 Å². The third kappa shape index (κ3) is 2.78. The highest BCUT2D eigenvalue weighted by Gasteiger charge is 2.52. The summed E-state index contributed by atoms with van der Waals surface area (Å²) in [7, 11) is 2.27. The maximum absolute atomic E-state index is 12.0. The van der Waals surface area contributed by atoms with Gasteiger partial charge in [-0.15, -0.1) is 0 Å². The fourth-order valence-corrected chi connectivity index (χ4v) is 2.12. The van der Waals surface area contributed by atoms with Crippen LogP contribution in [0.4, 0.5) is 0 Å². The molecule has 0 saturated carbocycles. The lowest BCUT2D eigenvalue weighted by Gasteiger charge is -2.32. The SMILES string of the molecule is COC(=O)c1cc(OC)ccc1B1OC(C)(C)C(C)(C)O1. The highest BCUT2D eigenvalue weighted by molar-refractivity contribution is 6.63. The first-order chi connectivity index (χ1) is 9.71. The minimum Gasteiger partial charge on any atom is -0.497 e. The van der Waals surface area contributed by atoms with Gasteiger partial charge < -0.3 is 18.8 Å². The van der Waals surface area contributed by atoms with Gasteiger partial charge in [0.25, 0.3) is 0 Å². The van der Waals surface area contributed by atoms with Gasteiger partial charge in [0.2, 0.25) is 0 Å². The van der Waals surface area contributed by atoms with Crippen molar-refractivity contribution < 1.29 is 23.6 Å². The Kier molecular flexibility index (Phi) is 4.04. The molecule has 1 heterocycles. The summed E-state index contributed by atoms with van der Waals surface area (Å²) in [6.45, 7) is 7.87. The van der Waals surface area contributed by atoms with E-state index in [1.807, 2.05) is 27.7 Å². The van der Waals surface area contributed by atoms with Crippen LogP contribution in [0.1, 0.15) is 38.1 Å². The van der Waals surface area contributed by atoms with E-state index < -0.39 is 24.3 Å². The zero-order chi connectivity index (χ0) is 15.8. The Bertz CT molecular complexity index is 537. The predicted octanol–water partition coefficient (Wildman–Crippen LogP) is 1.78. The van der Waals surface area contributed by atoms with Crippen molar-refractivity contribution in [2.75, 3.05) is 14.2 Å². The Morgan fingerprint density at radius 1 is 1.10 bits per heavy atom. The Morgan fingerprint density at radius 2 is 1.67 bits per heavy atom. The van der Waals surface area contributed by atoms with Gasteiger partial charge in [-0.05, 0) is 45.3 Å². The average Bonchev–Trinajstić information content (AvgIpc) is 2.65. The summed E-state index contributed by atoms with van der Waals surface area (Å²) in [4.78, 5) is 12.0. The first-order valence-electron chi connectivity index (χ1n) is 6.84. The molecule has 0 spiro atoms. The molecule has 1 aliphatic heterocycles. The topological polar surface area (TPSA) is 54.0 Å². The van der Waals surface area contributed by atoms with Crippen LogP contribution in [0.2, 0.25) is 0 Å². The van der Waals surface area contributed by atoms with Crippen molar-refractivity contribution in [3.05, 3.63) is 23.8 Å². The van der Waals surface area contributed by atoms with Crippen LogP contribution in [0.3, 0.4) is 0 Å². The molecular weight excluding hydrogens is 271 g/mol. The van der Waals surface area contributed by atoms with Crippen molar-refractivity contribution in [1.82, 2.24) is 0 Å². The maximum Gasteiger partial charge on any atom is 0.495 e. The summed E-state index contributed by atoms with van der Waals surface area (Å²) in [6, 6.07) is 5.17. The quantitative estimate of drug-likeness (QED) is 0.628. The molecule has 1 aromatic rings. The second-order valence-corrected chi connectivity index (χ2v) is 6.03. The molecule has 0 radical (unpaired) electrons. The van der Waals surface area contributed by atoms with Crippen molar-refractivity contribution in [3.63, 3.8) is 0 Å². The Labute approximate surface area is 125 Å². The van der Waals surface area contributed by atoms with Crippen molar-refractivity contribution >= 4 is 18.6 Å². The molecule has 0 amide bonds. The van der Waals surface area contributed by atoms with Crippen molar-refractivity contribution in [2.45, 2.75) is 38.9 Å². The number of rotatable bonds is 3. The second kappa shape index (κ2) is 5.35. The van der Waals surface area contributed by atoms with Crippen LogP contribution < -0.4 is 10.2 Å². The van der Waals surface area contributed by atoms with E-state index >= 15 is 0 Å². The van der Waals surface area contributed by atoms with Gasteiger partial charge in [-0.3, -0.25) is 0 Å². The van der Waals surface area contributed by atoms with Crippen LogP contribution >= 0.6 is 0 Å². The molecule has 0 aliphatic carbocycles. The molecule has 21 heavy (non-hydrogen) atoms. The Balaban J connectivity index is 2.43. The zero-order valence-electron chi connectivity index (χ0n) is 13.4. The number of methoxy groups -OCH3 is 2. The van der Waals surface area contributed by atoms with Gasteiger partial charge in [0.05, 0.1) is 31.0 Å². The first-order valence-corrected chi connectivity index (χ1v) is 6.84. The summed E-state index contributed by atoms with van der Waals surface area (Å²) < 4.78 is 22.0. The summed E-state index contributed by atoms with van der Waals surface area (Å²) in [5, 5.41) is 0. The number of esters is 1. The number of ether oxygens (including phenoxy) is 2. The predicted molar refractivity (Wildman–Crippen MR) is 80.0 cm³/mol. The molecule has 114 valence electrons. The van der Waals surface area contributed by atoms with Crippen LogP contribution in [0.15, 0.2) is 18.2 Å². The fraction of sp³-hybridized carbons (Fsp3) is 0.533. The summed E-state index contributed by atoms with van der Waals surface area (Å²) in [5.41, 5.74) is 0.0901. The van der Waals surface area contributed by atoms with Gasteiger partial charge in [-0.25, -0.2) is 4.79 Å². The lowest BCUT2D eigenvalue weighted by molar-refractivity contribution is 0.00578. The van der Waals surface area contributed by atoms with Crippen molar-refractivity contribution in [1.29, 1.82) is 0 Å². The molecule has 0 aromatic heterocycles. The summed E-state index contributed by atoms with van der Waals surface area (Å²) >= 11 is 0. The first kappa shape index (κ1) is 15.9.